The minimum Gasteiger partial charge on any atom is -0.409 e. The smallest absolute Gasteiger partial charge is 0.170 e. The molecule has 0 spiro atoms. The lowest BCUT2D eigenvalue weighted by Crippen LogP contribution is -2.28. The molecule has 1 atom stereocenters. The summed E-state index contributed by atoms with van der Waals surface area (Å²) in [6.45, 7) is 5.17. The zero-order chi connectivity index (χ0) is 14.7. The van der Waals surface area contributed by atoms with Crippen molar-refractivity contribution in [3.8, 4) is 0 Å². The molecule has 1 aliphatic heterocycles. The van der Waals surface area contributed by atoms with Gasteiger partial charge in [-0.15, -0.1) is 0 Å². The van der Waals surface area contributed by atoms with E-state index in [0.29, 0.717) is 11.5 Å². The van der Waals surface area contributed by atoms with Crippen molar-refractivity contribution in [1.82, 2.24) is 9.88 Å². The van der Waals surface area contributed by atoms with Gasteiger partial charge in [0, 0.05) is 31.4 Å². The van der Waals surface area contributed by atoms with Crippen molar-refractivity contribution >= 4 is 11.7 Å². The van der Waals surface area contributed by atoms with E-state index in [2.05, 4.69) is 27.0 Å². The van der Waals surface area contributed by atoms with Crippen molar-refractivity contribution in [2.75, 3.05) is 38.6 Å². The Labute approximate surface area is 119 Å². The first-order valence-corrected chi connectivity index (χ1v) is 6.86. The summed E-state index contributed by atoms with van der Waals surface area (Å²) < 4.78 is 0. The van der Waals surface area contributed by atoms with E-state index < -0.39 is 0 Å². The summed E-state index contributed by atoms with van der Waals surface area (Å²) in [5, 5.41) is 11.8. The normalized spacial score (nSPS) is 20.4. The lowest BCUT2D eigenvalue weighted by Gasteiger charge is -2.23. The van der Waals surface area contributed by atoms with E-state index in [0.717, 1.165) is 31.1 Å². The molecule has 110 valence electrons. The Morgan fingerprint density at radius 1 is 1.60 bits per heavy atom. The van der Waals surface area contributed by atoms with Crippen molar-refractivity contribution in [2.24, 2.45) is 16.8 Å². The molecule has 0 aliphatic carbocycles. The van der Waals surface area contributed by atoms with Crippen LogP contribution in [0.2, 0.25) is 0 Å². The molecule has 1 aromatic heterocycles. The topological polar surface area (TPSA) is 78.0 Å². The third-order valence-electron chi connectivity index (χ3n) is 3.76. The van der Waals surface area contributed by atoms with Gasteiger partial charge in [-0.3, -0.25) is 0 Å². The number of nitrogens with zero attached hydrogens (tertiary/aromatic N) is 4. The molecule has 6 nitrogen and oxygen atoms in total. The second kappa shape index (κ2) is 6.09. The van der Waals surface area contributed by atoms with Crippen LogP contribution in [0.4, 0.5) is 5.82 Å². The number of hydrogen-bond acceptors (Lipinski definition) is 5. The number of aromatic nitrogens is 1. The molecule has 0 amide bonds. The Balaban J connectivity index is 2.13. The zero-order valence-electron chi connectivity index (χ0n) is 12.4. The van der Waals surface area contributed by atoms with E-state index >= 15 is 0 Å². The number of hydrogen-bond donors (Lipinski definition) is 2. The molecule has 2 rings (SSSR count). The molecular formula is C14H23N5O. The number of nitrogens with two attached hydrogens (primary N) is 1. The van der Waals surface area contributed by atoms with Crippen LogP contribution in [0, 0.1) is 12.8 Å². The highest BCUT2D eigenvalue weighted by atomic mass is 16.4. The summed E-state index contributed by atoms with van der Waals surface area (Å²) in [6.07, 6.45) is 1.22. The van der Waals surface area contributed by atoms with Gasteiger partial charge in [0.2, 0.25) is 0 Å². The predicted molar refractivity (Wildman–Crippen MR) is 80.4 cm³/mol. The lowest BCUT2D eigenvalue weighted by molar-refractivity contribution is 0.318. The van der Waals surface area contributed by atoms with Gasteiger partial charge in [-0.2, -0.15) is 0 Å². The quantitative estimate of drug-likeness (QED) is 0.369. The van der Waals surface area contributed by atoms with Crippen LogP contribution in [0.1, 0.15) is 17.7 Å². The van der Waals surface area contributed by atoms with Gasteiger partial charge in [0.05, 0.1) is 0 Å². The van der Waals surface area contributed by atoms with Crippen molar-refractivity contribution in [2.45, 2.75) is 13.3 Å². The average Bonchev–Trinajstić information content (AvgIpc) is 2.82. The van der Waals surface area contributed by atoms with Gasteiger partial charge in [-0.05, 0) is 45.0 Å². The minimum atomic E-state index is 0.116. The number of aryl methyl sites for hydroxylation is 1. The first-order chi connectivity index (χ1) is 9.49. The van der Waals surface area contributed by atoms with Gasteiger partial charge in [0.25, 0.3) is 0 Å². The highest BCUT2D eigenvalue weighted by Crippen LogP contribution is 2.19. The van der Waals surface area contributed by atoms with Crippen LogP contribution in [-0.4, -0.2) is 54.7 Å². The second-order valence-corrected chi connectivity index (χ2v) is 5.64. The third-order valence-corrected chi connectivity index (χ3v) is 3.76. The zero-order valence-corrected chi connectivity index (χ0v) is 12.4. The van der Waals surface area contributed by atoms with Crippen molar-refractivity contribution in [3.05, 3.63) is 23.4 Å². The van der Waals surface area contributed by atoms with Crippen LogP contribution in [0.5, 0.6) is 0 Å². The Hall–Kier alpha value is -1.82. The molecule has 6 heteroatoms. The van der Waals surface area contributed by atoms with Crippen LogP contribution in [0.3, 0.4) is 0 Å². The van der Waals surface area contributed by atoms with E-state index in [4.69, 9.17) is 10.9 Å². The first-order valence-electron chi connectivity index (χ1n) is 6.86. The summed E-state index contributed by atoms with van der Waals surface area (Å²) in [4.78, 5) is 9.03. The Kier molecular flexibility index (Phi) is 4.44. The minimum absolute atomic E-state index is 0.116. The van der Waals surface area contributed by atoms with Gasteiger partial charge in [-0.25, -0.2) is 4.98 Å². The third kappa shape index (κ3) is 3.39. The highest BCUT2D eigenvalue weighted by Gasteiger charge is 2.21. The van der Waals surface area contributed by atoms with Crippen LogP contribution in [0.15, 0.2) is 17.3 Å². The van der Waals surface area contributed by atoms with Gasteiger partial charge in [0.1, 0.15) is 5.82 Å². The van der Waals surface area contributed by atoms with Gasteiger partial charge >= 0.3 is 0 Å². The fraction of sp³-hybridized carbons (Fsp3) is 0.571. The number of oxime groups is 1. The molecule has 20 heavy (non-hydrogen) atoms. The van der Waals surface area contributed by atoms with E-state index in [-0.39, 0.29) is 5.84 Å². The van der Waals surface area contributed by atoms with Crippen molar-refractivity contribution < 1.29 is 5.21 Å². The first kappa shape index (κ1) is 14.6. The fourth-order valence-corrected chi connectivity index (χ4v) is 2.71. The number of likely N-dealkylation sites (tertiary alicyclic amines) is 1. The van der Waals surface area contributed by atoms with Crippen LogP contribution >= 0.6 is 0 Å². The van der Waals surface area contributed by atoms with E-state index in [1.165, 1.54) is 6.42 Å². The molecule has 1 unspecified atom stereocenters. The standard InChI is InChI=1S/C14H23N5O/c1-10-6-12(14(15)17-20)7-13(16-10)19(3)9-11-4-5-18(2)8-11/h6-7,11,20H,4-5,8-9H2,1-3H3,(H2,15,17). The van der Waals surface area contributed by atoms with Gasteiger partial charge < -0.3 is 20.7 Å². The molecule has 2 heterocycles. The van der Waals surface area contributed by atoms with Gasteiger partial charge in [0.15, 0.2) is 5.84 Å². The summed E-state index contributed by atoms with van der Waals surface area (Å²) in [5.41, 5.74) is 7.22. The molecule has 0 saturated carbocycles. The number of amidine groups is 1. The molecule has 1 fully saturated rings. The van der Waals surface area contributed by atoms with Crippen LogP contribution in [0.25, 0.3) is 0 Å². The molecule has 0 aromatic carbocycles. The summed E-state index contributed by atoms with van der Waals surface area (Å²) in [5.74, 6) is 1.64. The molecule has 1 saturated heterocycles. The maximum atomic E-state index is 8.79. The van der Waals surface area contributed by atoms with E-state index in [1.807, 2.05) is 26.1 Å². The Morgan fingerprint density at radius 2 is 2.35 bits per heavy atom. The SMILES string of the molecule is Cc1cc(/C(N)=N/O)cc(N(C)CC2CCN(C)C2)n1. The second-order valence-electron chi connectivity index (χ2n) is 5.64. The summed E-state index contributed by atoms with van der Waals surface area (Å²) >= 11 is 0. The maximum Gasteiger partial charge on any atom is 0.170 e. The van der Waals surface area contributed by atoms with Crippen LogP contribution in [-0.2, 0) is 0 Å². The Bertz CT molecular complexity index is 502. The fourth-order valence-electron chi connectivity index (χ4n) is 2.71. The summed E-state index contributed by atoms with van der Waals surface area (Å²) in [6, 6.07) is 3.68. The lowest BCUT2D eigenvalue weighted by atomic mass is 10.1. The largest absolute Gasteiger partial charge is 0.409 e. The monoisotopic (exact) mass is 277 g/mol. The van der Waals surface area contributed by atoms with Crippen molar-refractivity contribution in [1.29, 1.82) is 0 Å². The van der Waals surface area contributed by atoms with E-state index in [1.54, 1.807) is 0 Å². The van der Waals surface area contributed by atoms with Crippen LogP contribution < -0.4 is 10.6 Å². The van der Waals surface area contributed by atoms with E-state index in [9.17, 15) is 0 Å². The number of rotatable bonds is 4. The van der Waals surface area contributed by atoms with Gasteiger partial charge in [-0.1, -0.05) is 5.16 Å². The molecule has 0 bridgehead atoms. The molecule has 1 aliphatic rings. The maximum absolute atomic E-state index is 8.79. The predicted octanol–water partition coefficient (Wildman–Crippen LogP) is 0.872. The average molecular weight is 277 g/mol. The highest BCUT2D eigenvalue weighted by molar-refractivity contribution is 5.97. The molecule has 0 radical (unpaired) electrons. The van der Waals surface area contributed by atoms with Crippen molar-refractivity contribution in [3.63, 3.8) is 0 Å². The molecule has 3 N–H and O–H groups in total. The molecular weight excluding hydrogens is 254 g/mol. The number of anilines is 1. The Morgan fingerprint density at radius 3 is 2.95 bits per heavy atom. The molecule has 1 aromatic rings. The number of pyridine rings is 1. The summed E-state index contributed by atoms with van der Waals surface area (Å²) in [7, 11) is 4.19.